The van der Waals surface area contributed by atoms with Crippen molar-refractivity contribution in [3.63, 3.8) is 0 Å². The lowest BCUT2D eigenvalue weighted by atomic mass is 10.0. The molecule has 0 heterocycles. The second kappa shape index (κ2) is 8.52. The third-order valence-corrected chi connectivity index (χ3v) is 2.32. The molecule has 2 nitrogen and oxygen atoms in total. The Morgan fingerprint density at radius 3 is 2.08 bits per heavy atom. The maximum Gasteiger partial charge on any atom is 0.00815 e. The Morgan fingerprint density at radius 2 is 1.62 bits per heavy atom. The van der Waals surface area contributed by atoms with E-state index in [1.54, 1.807) is 0 Å². The molecule has 0 aliphatic heterocycles. The maximum absolute atomic E-state index is 3.53. The zero-order valence-electron chi connectivity index (χ0n) is 9.69. The first-order chi connectivity index (χ1) is 6.24. The summed E-state index contributed by atoms with van der Waals surface area (Å²) in [6.45, 7) is 11.0. The molecular weight excluding hydrogens is 160 g/mol. The van der Waals surface area contributed by atoms with Crippen LogP contribution in [0, 0.1) is 0 Å². The van der Waals surface area contributed by atoms with Crippen LogP contribution in [-0.2, 0) is 0 Å². The second-order valence-corrected chi connectivity index (χ2v) is 3.74. The van der Waals surface area contributed by atoms with Crippen molar-refractivity contribution in [2.75, 3.05) is 13.1 Å². The average molecular weight is 186 g/mol. The molecule has 13 heavy (non-hydrogen) atoms. The first-order valence-corrected chi connectivity index (χ1v) is 5.71. The normalized spacial score (nSPS) is 15.7. The Morgan fingerprint density at radius 1 is 1.00 bits per heavy atom. The molecule has 0 radical (unpaired) electrons. The Hall–Kier alpha value is -0.0800. The molecule has 0 saturated carbocycles. The van der Waals surface area contributed by atoms with Gasteiger partial charge < -0.3 is 10.6 Å². The van der Waals surface area contributed by atoms with Crippen molar-refractivity contribution in [2.45, 2.75) is 59.0 Å². The lowest BCUT2D eigenvalue weighted by Gasteiger charge is -2.21. The molecule has 2 N–H and O–H groups in total. The highest BCUT2D eigenvalue weighted by molar-refractivity contribution is 4.72. The van der Waals surface area contributed by atoms with Gasteiger partial charge in [-0.2, -0.15) is 0 Å². The van der Waals surface area contributed by atoms with E-state index in [4.69, 9.17) is 0 Å². The summed E-state index contributed by atoms with van der Waals surface area (Å²) in [5.74, 6) is 0. The van der Waals surface area contributed by atoms with Crippen LogP contribution in [0.5, 0.6) is 0 Å². The van der Waals surface area contributed by atoms with Crippen LogP contribution < -0.4 is 10.6 Å². The van der Waals surface area contributed by atoms with Crippen LogP contribution in [0.4, 0.5) is 0 Å². The lowest BCUT2D eigenvalue weighted by Crippen LogP contribution is -2.37. The molecule has 0 bridgehead atoms. The van der Waals surface area contributed by atoms with Crippen molar-refractivity contribution >= 4 is 0 Å². The molecule has 0 aliphatic rings. The summed E-state index contributed by atoms with van der Waals surface area (Å²) in [6, 6.07) is 1.34. The van der Waals surface area contributed by atoms with Crippen LogP contribution in [0.1, 0.15) is 47.0 Å². The highest BCUT2D eigenvalue weighted by Gasteiger charge is 2.09. The fourth-order valence-electron chi connectivity index (χ4n) is 1.80. The standard InChI is InChI=1S/C11H26N2/c1-5-8-11(13-7-3)9-10(4)12-6-2/h10-13H,5-9H2,1-4H3. The van der Waals surface area contributed by atoms with E-state index in [1.165, 1.54) is 19.3 Å². The minimum absolute atomic E-state index is 0.639. The van der Waals surface area contributed by atoms with Crippen LogP contribution in [0.2, 0.25) is 0 Å². The van der Waals surface area contributed by atoms with Gasteiger partial charge in [-0.3, -0.25) is 0 Å². The minimum atomic E-state index is 0.639. The maximum atomic E-state index is 3.53. The summed E-state index contributed by atoms with van der Waals surface area (Å²) in [6.07, 6.45) is 3.82. The van der Waals surface area contributed by atoms with E-state index in [9.17, 15) is 0 Å². The quantitative estimate of drug-likeness (QED) is 0.607. The Kier molecular flexibility index (Phi) is 8.46. The van der Waals surface area contributed by atoms with Crippen LogP contribution in [-0.4, -0.2) is 25.2 Å². The topological polar surface area (TPSA) is 24.1 Å². The molecule has 80 valence electrons. The van der Waals surface area contributed by atoms with E-state index in [1.807, 2.05) is 0 Å². The number of hydrogen-bond acceptors (Lipinski definition) is 2. The van der Waals surface area contributed by atoms with Gasteiger partial charge in [0.15, 0.2) is 0 Å². The monoisotopic (exact) mass is 186 g/mol. The number of hydrogen-bond donors (Lipinski definition) is 2. The molecule has 0 aromatic carbocycles. The Bertz CT molecular complexity index is 98.3. The molecule has 0 aliphatic carbocycles. The molecule has 2 heteroatoms. The minimum Gasteiger partial charge on any atom is -0.314 e. The van der Waals surface area contributed by atoms with Crippen LogP contribution in [0.15, 0.2) is 0 Å². The Balaban J connectivity index is 3.64. The van der Waals surface area contributed by atoms with Crippen molar-refractivity contribution in [3.8, 4) is 0 Å². The highest BCUT2D eigenvalue weighted by Crippen LogP contribution is 2.04. The lowest BCUT2D eigenvalue weighted by molar-refractivity contribution is 0.398. The first-order valence-electron chi connectivity index (χ1n) is 5.71. The molecule has 0 aromatic heterocycles. The summed E-state index contributed by atoms with van der Waals surface area (Å²) in [5, 5.41) is 6.99. The molecule has 0 saturated heterocycles. The van der Waals surface area contributed by atoms with E-state index in [2.05, 4.69) is 38.3 Å². The zero-order chi connectivity index (χ0) is 10.1. The van der Waals surface area contributed by atoms with Gasteiger partial charge in [-0.25, -0.2) is 0 Å². The largest absolute Gasteiger partial charge is 0.314 e. The van der Waals surface area contributed by atoms with Crippen molar-refractivity contribution in [3.05, 3.63) is 0 Å². The van der Waals surface area contributed by atoms with E-state index in [0.717, 1.165) is 13.1 Å². The summed E-state index contributed by atoms with van der Waals surface area (Å²) in [4.78, 5) is 0. The fraction of sp³-hybridized carbons (Fsp3) is 1.00. The van der Waals surface area contributed by atoms with Crippen molar-refractivity contribution in [1.29, 1.82) is 0 Å². The van der Waals surface area contributed by atoms with E-state index in [-0.39, 0.29) is 0 Å². The smallest absolute Gasteiger partial charge is 0.00815 e. The van der Waals surface area contributed by atoms with E-state index >= 15 is 0 Å². The molecule has 2 unspecified atom stereocenters. The Labute approximate surface area is 83.5 Å². The summed E-state index contributed by atoms with van der Waals surface area (Å²) < 4.78 is 0. The predicted octanol–water partition coefficient (Wildman–Crippen LogP) is 2.15. The van der Waals surface area contributed by atoms with Gasteiger partial charge in [-0.1, -0.05) is 27.2 Å². The highest BCUT2D eigenvalue weighted by atomic mass is 14.9. The van der Waals surface area contributed by atoms with Gasteiger partial charge in [0.25, 0.3) is 0 Å². The van der Waals surface area contributed by atoms with Crippen molar-refractivity contribution < 1.29 is 0 Å². The molecule has 0 fully saturated rings. The molecule has 0 aromatic rings. The van der Waals surface area contributed by atoms with Gasteiger partial charge in [0.1, 0.15) is 0 Å². The molecule has 0 amide bonds. The third kappa shape index (κ3) is 7.03. The molecule has 0 rings (SSSR count). The first kappa shape index (κ1) is 12.9. The van der Waals surface area contributed by atoms with Gasteiger partial charge in [0.2, 0.25) is 0 Å². The second-order valence-electron chi connectivity index (χ2n) is 3.74. The van der Waals surface area contributed by atoms with Crippen LogP contribution in [0.3, 0.4) is 0 Å². The SMILES string of the molecule is CCCC(CC(C)NCC)NCC. The summed E-state index contributed by atoms with van der Waals surface area (Å²) in [7, 11) is 0. The number of rotatable bonds is 8. The molecule has 0 spiro atoms. The van der Waals surface area contributed by atoms with Gasteiger partial charge in [-0.15, -0.1) is 0 Å². The van der Waals surface area contributed by atoms with Gasteiger partial charge in [0, 0.05) is 12.1 Å². The van der Waals surface area contributed by atoms with Crippen molar-refractivity contribution in [2.24, 2.45) is 0 Å². The third-order valence-electron chi connectivity index (χ3n) is 2.32. The van der Waals surface area contributed by atoms with Gasteiger partial charge in [-0.05, 0) is 32.9 Å². The van der Waals surface area contributed by atoms with Crippen LogP contribution in [0.25, 0.3) is 0 Å². The van der Waals surface area contributed by atoms with Gasteiger partial charge >= 0.3 is 0 Å². The van der Waals surface area contributed by atoms with E-state index in [0.29, 0.717) is 12.1 Å². The number of nitrogens with one attached hydrogen (secondary N) is 2. The summed E-state index contributed by atoms with van der Waals surface area (Å²) >= 11 is 0. The van der Waals surface area contributed by atoms with Gasteiger partial charge in [0.05, 0.1) is 0 Å². The summed E-state index contributed by atoms with van der Waals surface area (Å²) in [5.41, 5.74) is 0. The predicted molar refractivity (Wildman–Crippen MR) is 60.1 cm³/mol. The molecule has 2 atom stereocenters. The van der Waals surface area contributed by atoms with E-state index < -0.39 is 0 Å². The van der Waals surface area contributed by atoms with Crippen molar-refractivity contribution in [1.82, 2.24) is 10.6 Å². The fourth-order valence-corrected chi connectivity index (χ4v) is 1.80. The average Bonchev–Trinajstić information content (AvgIpc) is 2.05. The zero-order valence-corrected chi connectivity index (χ0v) is 9.69. The molecular formula is C11H26N2. The van der Waals surface area contributed by atoms with Crippen LogP contribution >= 0.6 is 0 Å².